The van der Waals surface area contributed by atoms with Gasteiger partial charge in [0, 0.05) is 0 Å². The van der Waals surface area contributed by atoms with Crippen LogP contribution in [0.5, 0.6) is 17.2 Å². The SMILES string of the molecule is Cc1ccc(C=CC=Cc2ccc(C)cc2)cc1.[CH-]=CC=CC.[O-]c1ccccc1.[O-]c1ccccc1.[O-]c1ccccc1.[Ti+4]. The number of aryl methyl sites for hydroxylation is 2. The zero-order valence-electron chi connectivity index (χ0n) is 26.1. The topological polar surface area (TPSA) is 69.2 Å². The molecule has 5 rings (SSSR count). The average molecular weight is 629 g/mol. The Morgan fingerprint density at radius 2 is 0.733 bits per heavy atom. The molecule has 0 radical (unpaired) electrons. The van der Waals surface area contributed by atoms with E-state index in [0.29, 0.717) is 0 Å². The third-order valence-electron chi connectivity index (χ3n) is 5.38. The van der Waals surface area contributed by atoms with E-state index in [9.17, 15) is 15.3 Å². The van der Waals surface area contributed by atoms with Gasteiger partial charge in [0.25, 0.3) is 0 Å². The van der Waals surface area contributed by atoms with Gasteiger partial charge in [-0.1, -0.05) is 182 Å². The summed E-state index contributed by atoms with van der Waals surface area (Å²) in [5.74, 6) is 0.215. The molecule has 0 aliphatic heterocycles. The van der Waals surface area contributed by atoms with Crippen LogP contribution in [0.4, 0.5) is 0 Å². The van der Waals surface area contributed by atoms with Crippen LogP contribution in [-0.2, 0) is 21.7 Å². The Balaban J connectivity index is 0.000000597. The maximum atomic E-state index is 10.3. The molecule has 0 bridgehead atoms. The van der Waals surface area contributed by atoms with Crippen LogP contribution in [0.15, 0.2) is 170 Å². The minimum atomic E-state index is 0. The minimum absolute atomic E-state index is 0. The van der Waals surface area contributed by atoms with Crippen molar-refractivity contribution >= 4 is 12.2 Å². The van der Waals surface area contributed by atoms with Crippen molar-refractivity contribution in [3.8, 4) is 17.2 Å². The van der Waals surface area contributed by atoms with E-state index in [1.165, 1.54) is 64.7 Å². The molecule has 0 amide bonds. The molecule has 0 aliphatic rings. The predicted molar refractivity (Wildman–Crippen MR) is 182 cm³/mol. The van der Waals surface area contributed by atoms with Gasteiger partial charge in [-0.3, -0.25) is 6.58 Å². The van der Waals surface area contributed by atoms with Crippen LogP contribution < -0.4 is 15.3 Å². The van der Waals surface area contributed by atoms with Crippen molar-refractivity contribution in [1.29, 1.82) is 0 Å². The number of hydrogen-bond donors (Lipinski definition) is 0. The molecule has 5 aromatic carbocycles. The molecule has 0 N–H and O–H groups in total. The van der Waals surface area contributed by atoms with E-state index in [0.717, 1.165) is 0 Å². The van der Waals surface area contributed by atoms with Crippen LogP contribution in [-0.4, -0.2) is 0 Å². The first-order valence-electron chi connectivity index (χ1n) is 14.1. The van der Waals surface area contributed by atoms with E-state index >= 15 is 0 Å². The van der Waals surface area contributed by atoms with Crippen LogP contribution >= 0.6 is 0 Å². The molecule has 5 aromatic rings. The molecule has 0 fully saturated rings. The Morgan fingerprint density at radius 3 is 0.911 bits per heavy atom. The summed E-state index contributed by atoms with van der Waals surface area (Å²) in [4.78, 5) is 0. The normalized spacial score (nSPS) is 9.58. The first kappa shape index (κ1) is 40.2. The van der Waals surface area contributed by atoms with Crippen LogP contribution in [0.3, 0.4) is 0 Å². The second-order valence-electron chi connectivity index (χ2n) is 9.20. The number of rotatable bonds is 4. The summed E-state index contributed by atoms with van der Waals surface area (Å²) in [6.07, 6.45) is 13.5. The number of para-hydroxylation sites is 3. The fourth-order valence-corrected chi connectivity index (χ4v) is 3.06. The molecule has 0 saturated carbocycles. The van der Waals surface area contributed by atoms with Crippen molar-refractivity contribution in [3.63, 3.8) is 0 Å². The number of benzene rings is 5. The summed E-state index contributed by atoms with van der Waals surface area (Å²) in [6, 6.07) is 42.0. The Morgan fingerprint density at radius 1 is 0.444 bits per heavy atom. The van der Waals surface area contributed by atoms with Gasteiger partial charge in [-0.05, 0) is 25.0 Å². The largest absolute Gasteiger partial charge is 4.00 e. The van der Waals surface area contributed by atoms with Gasteiger partial charge >= 0.3 is 21.7 Å². The molecule has 0 saturated heterocycles. The monoisotopic (exact) mass is 628 g/mol. The molecular formula is C41H40O3Ti. The van der Waals surface area contributed by atoms with Gasteiger partial charge < -0.3 is 15.3 Å². The predicted octanol–water partition coefficient (Wildman–Crippen LogP) is 8.86. The van der Waals surface area contributed by atoms with Gasteiger partial charge in [0.05, 0.1) is 0 Å². The van der Waals surface area contributed by atoms with Crippen molar-refractivity contribution in [2.45, 2.75) is 20.8 Å². The van der Waals surface area contributed by atoms with Crippen LogP contribution in [0.2, 0.25) is 0 Å². The van der Waals surface area contributed by atoms with E-state index < -0.39 is 0 Å². The van der Waals surface area contributed by atoms with Crippen LogP contribution in [0.1, 0.15) is 29.2 Å². The van der Waals surface area contributed by atoms with Crippen molar-refractivity contribution < 1.29 is 37.0 Å². The average Bonchev–Trinajstić information content (AvgIpc) is 3.04. The molecule has 4 heteroatoms. The molecule has 0 spiro atoms. The van der Waals surface area contributed by atoms with Gasteiger partial charge in [0.15, 0.2) is 0 Å². The van der Waals surface area contributed by atoms with Crippen LogP contribution in [0.25, 0.3) is 12.2 Å². The van der Waals surface area contributed by atoms with Crippen LogP contribution in [0, 0.1) is 20.4 Å². The van der Waals surface area contributed by atoms with E-state index in [2.05, 4.69) is 86.7 Å². The van der Waals surface area contributed by atoms with Gasteiger partial charge in [-0.2, -0.15) is 6.08 Å². The molecule has 0 aromatic heterocycles. The Hall–Kier alpha value is -4.83. The molecule has 0 heterocycles. The molecular weight excluding hydrogens is 588 g/mol. The van der Waals surface area contributed by atoms with Crippen molar-refractivity contribution in [2.75, 3.05) is 0 Å². The summed E-state index contributed by atoms with van der Waals surface area (Å²) in [5, 5.41) is 30.8. The molecule has 45 heavy (non-hydrogen) atoms. The molecule has 226 valence electrons. The zero-order valence-corrected chi connectivity index (χ0v) is 27.7. The first-order chi connectivity index (χ1) is 21.3. The Kier molecular flexibility index (Phi) is 23.9. The third-order valence-corrected chi connectivity index (χ3v) is 5.38. The fourth-order valence-electron chi connectivity index (χ4n) is 3.06. The number of hydrogen-bond acceptors (Lipinski definition) is 3. The minimum Gasteiger partial charge on any atom is -0.872 e. The van der Waals surface area contributed by atoms with Crippen molar-refractivity contribution in [2.24, 2.45) is 0 Å². The standard InChI is InChI=1S/C18H18.3C6H6O.C5H7.Ti/c1-15-7-11-17(12-8-15)5-3-4-6-18-13-9-16(2)10-14-18;3*7-6-4-2-1-3-5-6;1-3-5-4-2;/h3-14H,1-2H3;3*1-5,7H;1,3-5H,2H3;/q;;;;-1;+4/p-3. The van der Waals surface area contributed by atoms with Gasteiger partial charge in [-0.15, -0.1) is 17.2 Å². The summed E-state index contributed by atoms with van der Waals surface area (Å²) in [5.41, 5.74) is 5.05. The van der Waals surface area contributed by atoms with E-state index in [1.807, 2.05) is 31.2 Å². The summed E-state index contributed by atoms with van der Waals surface area (Å²) in [6.45, 7) is 11.1. The maximum Gasteiger partial charge on any atom is 4.00 e. The molecule has 3 nitrogen and oxygen atoms in total. The van der Waals surface area contributed by atoms with E-state index in [-0.39, 0.29) is 39.0 Å². The number of allylic oxidation sites excluding steroid dienone is 5. The van der Waals surface area contributed by atoms with E-state index in [1.54, 1.807) is 42.5 Å². The molecule has 0 aliphatic carbocycles. The Bertz CT molecular complexity index is 1330. The van der Waals surface area contributed by atoms with Gasteiger partial charge in [0.2, 0.25) is 0 Å². The smallest absolute Gasteiger partial charge is 0.872 e. The fraction of sp³-hybridized carbons (Fsp3) is 0.0732. The van der Waals surface area contributed by atoms with Gasteiger partial charge in [-0.25, -0.2) is 12.2 Å². The Labute approximate surface area is 284 Å². The maximum absolute atomic E-state index is 10.3. The second-order valence-corrected chi connectivity index (χ2v) is 9.20. The summed E-state index contributed by atoms with van der Waals surface area (Å²) >= 11 is 0. The van der Waals surface area contributed by atoms with Gasteiger partial charge in [0.1, 0.15) is 0 Å². The van der Waals surface area contributed by atoms with Crippen molar-refractivity contribution in [3.05, 3.63) is 199 Å². The summed E-state index contributed by atoms with van der Waals surface area (Å²) < 4.78 is 0. The second kappa shape index (κ2) is 26.8. The first-order valence-corrected chi connectivity index (χ1v) is 14.1. The van der Waals surface area contributed by atoms with Crippen molar-refractivity contribution in [1.82, 2.24) is 0 Å². The molecule has 0 unspecified atom stereocenters. The quantitative estimate of drug-likeness (QED) is 0.113. The molecule has 0 atom stereocenters. The summed E-state index contributed by atoms with van der Waals surface area (Å²) in [7, 11) is 0. The third kappa shape index (κ3) is 23.3. The zero-order chi connectivity index (χ0) is 32.3. The van der Waals surface area contributed by atoms with E-state index in [4.69, 9.17) is 6.58 Å².